The molecule has 7 nitrogen and oxygen atoms in total. The summed E-state index contributed by atoms with van der Waals surface area (Å²) in [5, 5.41) is 4.43. The smallest absolute Gasteiger partial charge is 0.354 e. The van der Waals surface area contributed by atoms with Gasteiger partial charge in [0.2, 0.25) is 5.91 Å². The lowest BCUT2D eigenvalue weighted by Gasteiger charge is -2.21. The molecular weight excluding hydrogens is 357 g/mol. The van der Waals surface area contributed by atoms with Crippen LogP contribution in [0.1, 0.15) is 19.8 Å². The number of benzene rings is 1. The summed E-state index contributed by atoms with van der Waals surface area (Å²) in [5.74, 6) is -1.50. The number of nitrogens with one attached hydrogen (secondary N) is 1. The van der Waals surface area contributed by atoms with E-state index in [0.717, 1.165) is 4.90 Å². The first kappa shape index (κ1) is 16.7. The molecule has 1 aromatic rings. The fourth-order valence-electron chi connectivity index (χ4n) is 2.72. The summed E-state index contributed by atoms with van der Waals surface area (Å²) in [6.07, 6.45) is -0.118. The zero-order valence-corrected chi connectivity index (χ0v) is 14.1. The van der Waals surface area contributed by atoms with Crippen molar-refractivity contribution in [2.45, 2.75) is 25.3 Å². The molecule has 1 spiro atoms. The van der Waals surface area contributed by atoms with Crippen LogP contribution in [0.5, 0.6) is 0 Å². The molecule has 0 radical (unpaired) electrons. The first-order chi connectivity index (χ1) is 11.4. The fourth-order valence-corrected chi connectivity index (χ4v) is 3.01. The van der Waals surface area contributed by atoms with Crippen LogP contribution in [-0.2, 0) is 19.1 Å². The highest BCUT2D eigenvalue weighted by Crippen LogP contribution is 2.36. The summed E-state index contributed by atoms with van der Waals surface area (Å²) < 4.78 is 4.88. The second kappa shape index (κ2) is 6.07. The van der Waals surface area contributed by atoms with Gasteiger partial charge >= 0.3 is 5.97 Å². The Bertz CT molecular complexity index is 780. The summed E-state index contributed by atoms with van der Waals surface area (Å²) in [6.45, 7) is 1.87. The molecule has 2 aliphatic rings. The van der Waals surface area contributed by atoms with E-state index in [4.69, 9.17) is 27.9 Å². The minimum atomic E-state index is -1.26. The van der Waals surface area contributed by atoms with Crippen molar-refractivity contribution in [2.75, 3.05) is 11.5 Å². The fraction of sp³-hybridized carbons (Fsp3) is 0.333. The zero-order chi connectivity index (χ0) is 17.5. The summed E-state index contributed by atoms with van der Waals surface area (Å²) >= 11 is 11.8. The first-order valence-electron chi connectivity index (χ1n) is 7.21. The second-order valence-corrected chi connectivity index (χ2v) is 6.27. The van der Waals surface area contributed by atoms with E-state index in [2.05, 4.69) is 10.5 Å². The maximum absolute atomic E-state index is 12.8. The van der Waals surface area contributed by atoms with Crippen LogP contribution in [0.25, 0.3) is 0 Å². The molecule has 1 saturated heterocycles. The average molecular weight is 370 g/mol. The number of amides is 2. The Morgan fingerprint density at radius 1 is 1.33 bits per heavy atom. The topological polar surface area (TPSA) is 88.1 Å². The van der Waals surface area contributed by atoms with Crippen molar-refractivity contribution >= 4 is 52.4 Å². The standard InChI is InChI=1S/C15H13Cl2N3O4/c1-2-24-13(22)11-6-15(19-18-11)7-12(21)20(14(15)23)8-3-4-9(16)10(17)5-8/h3-5,19H,2,6-7H2,1H3/t15-/m0/s1. The van der Waals surface area contributed by atoms with E-state index < -0.39 is 23.3 Å². The Morgan fingerprint density at radius 2 is 2.08 bits per heavy atom. The number of carbonyl (C=O) groups excluding carboxylic acids is 3. The molecule has 24 heavy (non-hydrogen) atoms. The molecule has 9 heteroatoms. The van der Waals surface area contributed by atoms with Crippen molar-refractivity contribution in [2.24, 2.45) is 5.10 Å². The van der Waals surface area contributed by atoms with Crippen molar-refractivity contribution in [1.29, 1.82) is 0 Å². The number of rotatable bonds is 3. The largest absolute Gasteiger partial charge is 0.461 e. The maximum atomic E-state index is 12.8. The van der Waals surface area contributed by atoms with Gasteiger partial charge in [-0.3, -0.25) is 15.0 Å². The van der Waals surface area contributed by atoms with Crippen LogP contribution in [0.15, 0.2) is 23.3 Å². The molecule has 126 valence electrons. The minimum Gasteiger partial charge on any atom is -0.461 e. The van der Waals surface area contributed by atoms with Crippen LogP contribution < -0.4 is 10.3 Å². The van der Waals surface area contributed by atoms with Crippen LogP contribution >= 0.6 is 23.2 Å². The van der Waals surface area contributed by atoms with E-state index in [1.54, 1.807) is 6.92 Å². The van der Waals surface area contributed by atoms with Gasteiger partial charge in [-0.1, -0.05) is 23.2 Å². The van der Waals surface area contributed by atoms with E-state index in [1.165, 1.54) is 18.2 Å². The normalized spacial score (nSPS) is 22.8. The molecule has 0 aliphatic carbocycles. The highest BCUT2D eigenvalue weighted by molar-refractivity contribution is 6.42. The number of halogens is 2. The minimum absolute atomic E-state index is 0.00573. The number of esters is 1. The molecule has 2 heterocycles. The molecule has 3 rings (SSSR count). The number of anilines is 1. The van der Waals surface area contributed by atoms with Gasteiger partial charge in [-0.25, -0.2) is 9.69 Å². The molecule has 2 amide bonds. The van der Waals surface area contributed by atoms with Crippen molar-refractivity contribution in [3.63, 3.8) is 0 Å². The first-order valence-corrected chi connectivity index (χ1v) is 7.97. The Labute approximate surface area is 147 Å². The van der Waals surface area contributed by atoms with Gasteiger partial charge in [0.05, 0.1) is 28.8 Å². The predicted octanol–water partition coefficient (Wildman–Crippen LogP) is 1.91. The van der Waals surface area contributed by atoms with Crippen LogP contribution in [0.3, 0.4) is 0 Å². The highest BCUT2D eigenvalue weighted by Gasteiger charge is 2.56. The highest BCUT2D eigenvalue weighted by atomic mass is 35.5. The molecule has 0 bridgehead atoms. The average Bonchev–Trinajstić information content (AvgIpc) is 3.06. The molecule has 1 atom stereocenters. The molecule has 0 aromatic heterocycles. The lowest BCUT2D eigenvalue weighted by Crippen LogP contribution is -2.47. The molecule has 0 unspecified atom stereocenters. The van der Waals surface area contributed by atoms with Gasteiger partial charge < -0.3 is 4.74 Å². The van der Waals surface area contributed by atoms with E-state index in [-0.39, 0.29) is 30.2 Å². The van der Waals surface area contributed by atoms with E-state index in [9.17, 15) is 14.4 Å². The van der Waals surface area contributed by atoms with Crippen molar-refractivity contribution in [1.82, 2.24) is 5.43 Å². The quantitative estimate of drug-likeness (QED) is 0.649. The second-order valence-electron chi connectivity index (χ2n) is 5.46. The molecule has 1 fully saturated rings. The molecule has 0 saturated carbocycles. The van der Waals surface area contributed by atoms with E-state index in [0.29, 0.717) is 10.7 Å². The SMILES string of the molecule is CCOC(=O)C1=NN[C@]2(CC(=O)N(c3ccc(Cl)c(Cl)c3)C2=O)C1. The Kier molecular flexibility index (Phi) is 4.23. The monoisotopic (exact) mass is 369 g/mol. The predicted molar refractivity (Wildman–Crippen MR) is 88.1 cm³/mol. The summed E-state index contributed by atoms with van der Waals surface area (Å²) in [5.41, 5.74) is 1.80. The summed E-state index contributed by atoms with van der Waals surface area (Å²) in [7, 11) is 0. The van der Waals surface area contributed by atoms with Crippen LogP contribution in [0.4, 0.5) is 5.69 Å². The molecular formula is C15H13Cl2N3O4. The van der Waals surface area contributed by atoms with Crippen molar-refractivity contribution < 1.29 is 19.1 Å². The number of carbonyl (C=O) groups is 3. The Morgan fingerprint density at radius 3 is 2.75 bits per heavy atom. The molecule has 1 aromatic carbocycles. The Balaban J connectivity index is 1.85. The number of ether oxygens (including phenoxy) is 1. The number of imide groups is 1. The lowest BCUT2D eigenvalue weighted by atomic mass is 9.93. The van der Waals surface area contributed by atoms with Gasteiger partial charge in [0.15, 0.2) is 0 Å². The maximum Gasteiger partial charge on any atom is 0.354 e. The van der Waals surface area contributed by atoms with E-state index in [1.807, 2.05) is 0 Å². The van der Waals surface area contributed by atoms with Crippen LogP contribution in [0, 0.1) is 0 Å². The van der Waals surface area contributed by atoms with Crippen LogP contribution in [-0.4, -0.2) is 35.6 Å². The van der Waals surface area contributed by atoms with Crippen LogP contribution in [0.2, 0.25) is 10.0 Å². The number of hydrazone groups is 1. The van der Waals surface area contributed by atoms with Gasteiger partial charge in [-0.15, -0.1) is 0 Å². The lowest BCUT2D eigenvalue weighted by molar-refractivity contribution is -0.135. The summed E-state index contributed by atoms with van der Waals surface area (Å²) in [6, 6.07) is 4.49. The van der Waals surface area contributed by atoms with Crippen molar-refractivity contribution in [3.8, 4) is 0 Å². The third-order valence-electron chi connectivity index (χ3n) is 3.86. The number of hydrogen-bond donors (Lipinski definition) is 1. The van der Waals surface area contributed by atoms with Gasteiger partial charge in [-0.2, -0.15) is 5.10 Å². The third kappa shape index (κ3) is 2.63. The zero-order valence-electron chi connectivity index (χ0n) is 12.6. The van der Waals surface area contributed by atoms with Gasteiger partial charge in [0.25, 0.3) is 5.91 Å². The molecule has 2 aliphatic heterocycles. The Hall–Kier alpha value is -2.12. The van der Waals surface area contributed by atoms with Gasteiger partial charge in [0.1, 0.15) is 11.3 Å². The van der Waals surface area contributed by atoms with Gasteiger partial charge in [0, 0.05) is 6.42 Å². The third-order valence-corrected chi connectivity index (χ3v) is 4.60. The van der Waals surface area contributed by atoms with E-state index >= 15 is 0 Å². The summed E-state index contributed by atoms with van der Waals surface area (Å²) in [4.78, 5) is 38.0. The number of hydrogen-bond acceptors (Lipinski definition) is 6. The van der Waals surface area contributed by atoms with Crippen molar-refractivity contribution in [3.05, 3.63) is 28.2 Å². The van der Waals surface area contributed by atoms with Gasteiger partial charge in [-0.05, 0) is 25.1 Å². The number of nitrogens with zero attached hydrogens (tertiary/aromatic N) is 2. The molecule has 1 N–H and O–H groups in total.